The third-order valence-electron chi connectivity index (χ3n) is 1.50. The smallest absolute Gasteiger partial charge is 0.234 e. The van der Waals surface area contributed by atoms with E-state index in [2.05, 4.69) is 4.98 Å². The highest BCUT2D eigenvalue weighted by Gasteiger charge is 2.17. The van der Waals surface area contributed by atoms with Crippen LogP contribution in [0.5, 0.6) is 0 Å². The summed E-state index contributed by atoms with van der Waals surface area (Å²) in [6.45, 7) is 3.35. The Hall–Kier alpha value is -1.23. The molecule has 0 saturated carbocycles. The standard InChI is InChI=1S/C8H11N3OS/c1-3-7(12)11(6(2)9)8-10-4-5-13-8/h4-5,9H,3H2,1-2H3. The van der Waals surface area contributed by atoms with Crippen molar-refractivity contribution in [2.75, 3.05) is 4.90 Å². The molecule has 0 saturated heterocycles. The zero-order valence-electron chi connectivity index (χ0n) is 7.57. The van der Waals surface area contributed by atoms with Crippen LogP contribution in [0.3, 0.4) is 0 Å². The third-order valence-corrected chi connectivity index (χ3v) is 2.25. The quantitative estimate of drug-likeness (QED) is 0.581. The number of rotatable bonds is 2. The molecule has 1 heterocycles. The number of aromatic nitrogens is 1. The molecule has 1 N–H and O–H groups in total. The molecule has 0 aliphatic rings. The fraction of sp³-hybridized carbons (Fsp3) is 0.375. The van der Waals surface area contributed by atoms with Crippen LogP contribution < -0.4 is 4.90 Å². The Morgan fingerprint density at radius 2 is 2.46 bits per heavy atom. The maximum atomic E-state index is 11.4. The average Bonchev–Trinajstić information content (AvgIpc) is 2.56. The van der Waals surface area contributed by atoms with Gasteiger partial charge in [-0.2, -0.15) is 0 Å². The van der Waals surface area contributed by atoms with Gasteiger partial charge in [0.2, 0.25) is 5.91 Å². The van der Waals surface area contributed by atoms with E-state index in [1.807, 2.05) is 0 Å². The van der Waals surface area contributed by atoms with Crippen LogP contribution in [0, 0.1) is 5.41 Å². The van der Waals surface area contributed by atoms with Gasteiger partial charge in [-0.05, 0) is 6.92 Å². The van der Waals surface area contributed by atoms with Crippen molar-refractivity contribution in [2.45, 2.75) is 20.3 Å². The normalized spacial score (nSPS) is 9.69. The number of hydrogen-bond acceptors (Lipinski definition) is 4. The van der Waals surface area contributed by atoms with Gasteiger partial charge in [-0.3, -0.25) is 10.2 Å². The summed E-state index contributed by atoms with van der Waals surface area (Å²) in [5.74, 6) is 0.115. The van der Waals surface area contributed by atoms with Crippen molar-refractivity contribution in [1.82, 2.24) is 4.98 Å². The van der Waals surface area contributed by atoms with Crippen molar-refractivity contribution >= 4 is 28.2 Å². The first-order chi connectivity index (χ1) is 6.16. The van der Waals surface area contributed by atoms with Crippen LogP contribution in [0.4, 0.5) is 5.13 Å². The van der Waals surface area contributed by atoms with E-state index in [1.165, 1.54) is 16.2 Å². The van der Waals surface area contributed by atoms with Crippen molar-refractivity contribution in [3.63, 3.8) is 0 Å². The van der Waals surface area contributed by atoms with Crippen molar-refractivity contribution in [1.29, 1.82) is 5.41 Å². The number of nitrogens with one attached hydrogen (secondary N) is 1. The molecule has 0 aliphatic carbocycles. The predicted octanol–water partition coefficient (Wildman–Crippen LogP) is 1.88. The average molecular weight is 197 g/mol. The van der Waals surface area contributed by atoms with Gasteiger partial charge in [0, 0.05) is 18.0 Å². The number of amidine groups is 1. The van der Waals surface area contributed by atoms with Crippen LogP contribution in [0.1, 0.15) is 20.3 Å². The molecule has 0 radical (unpaired) electrons. The van der Waals surface area contributed by atoms with Gasteiger partial charge in [-0.1, -0.05) is 6.92 Å². The van der Waals surface area contributed by atoms with Gasteiger partial charge in [0.15, 0.2) is 5.13 Å². The molecule has 1 aromatic rings. The molecule has 0 fully saturated rings. The van der Waals surface area contributed by atoms with Crippen LogP contribution in [0.25, 0.3) is 0 Å². The Morgan fingerprint density at radius 1 is 1.77 bits per heavy atom. The van der Waals surface area contributed by atoms with Crippen molar-refractivity contribution in [3.05, 3.63) is 11.6 Å². The lowest BCUT2D eigenvalue weighted by Gasteiger charge is -2.16. The Bertz CT molecular complexity index is 307. The summed E-state index contributed by atoms with van der Waals surface area (Å²) < 4.78 is 0. The van der Waals surface area contributed by atoms with Gasteiger partial charge >= 0.3 is 0 Å². The van der Waals surface area contributed by atoms with E-state index in [0.717, 1.165) is 0 Å². The first kappa shape index (κ1) is 9.85. The van der Waals surface area contributed by atoms with Gasteiger partial charge < -0.3 is 0 Å². The molecule has 0 spiro atoms. The second kappa shape index (κ2) is 4.13. The topological polar surface area (TPSA) is 57.1 Å². The predicted molar refractivity (Wildman–Crippen MR) is 53.3 cm³/mol. The van der Waals surface area contributed by atoms with Crippen molar-refractivity contribution in [2.24, 2.45) is 0 Å². The van der Waals surface area contributed by atoms with E-state index in [1.54, 1.807) is 25.4 Å². The molecule has 13 heavy (non-hydrogen) atoms. The number of nitrogens with zero attached hydrogens (tertiary/aromatic N) is 2. The summed E-state index contributed by atoms with van der Waals surface area (Å²) in [6.07, 6.45) is 2.01. The Balaban J connectivity index is 2.93. The number of carbonyl (C=O) groups excluding carboxylic acids is 1. The largest absolute Gasteiger partial charge is 0.288 e. The maximum Gasteiger partial charge on any atom is 0.234 e. The molecule has 1 rings (SSSR count). The Morgan fingerprint density at radius 3 is 2.85 bits per heavy atom. The second-order valence-electron chi connectivity index (χ2n) is 2.48. The van der Waals surface area contributed by atoms with Crippen LogP contribution in [-0.2, 0) is 4.79 Å². The maximum absolute atomic E-state index is 11.4. The first-order valence-corrected chi connectivity index (χ1v) is 4.82. The lowest BCUT2D eigenvalue weighted by Crippen LogP contribution is -2.33. The summed E-state index contributed by atoms with van der Waals surface area (Å²) >= 11 is 1.36. The highest BCUT2D eigenvalue weighted by Crippen LogP contribution is 2.18. The van der Waals surface area contributed by atoms with Gasteiger partial charge in [-0.25, -0.2) is 9.88 Å². The summed E-state index contributed by atoms with van der Waals surface area (Å²) in [7, 11) is 0. The zero-order valence-corrected chi connectivity index (χ0v) is 8.39. The first-order valence-electron chi connectivity index (χ1n) is 3.94. The van der Waals surface area contributed by atoms with Crippen LogP contribution >= 0.6 is 11.3 Å². The van der Waals surface area contributed by atoms with Crippen LogP contribution in [-0.4, -0.2) is 16.7 Å². The molecular formula is C8H11N3OS. The molecule has 1 amide bonds. The molecule has 70 valence electrons. The molecule has 0 atom stereocenters. The van der Waals surface area contributed by atoms with Gasteiger partial charge in [0.05, 0.1) is 0 Å². The molecule has 0 aliphatic heterocycles. The fourth-order valence-electron chi connectivity index (χ4n) is 0.922. The second-order valence-corrected chi connectivity index (χ2v) is 3.36. The minimum absolute atomic E-state index is 0.0950. The van der Waals surface area contributed by atoms with Crippen LogP contribution in [0.15, 0.2) is 11.6 Å². The van der Waals surface area contributed by atoms with Gasteiger partial charge in [0.25, 0.3) is 0 Å². The Labute approximate surface area is 80.7 Å². The number of carbonyl (C=O) groups is 1. The lowest BCUT2D eigenvalue weighted by atomic mass is 10.4. The molecule has 4 nitrogen and oxygen atoms in total. The van der Waals surface area contributed by atoms with E-state index in [0.29, 0.717) is 11.6 Å². The molecular weight excluding hydrogens is 186 g/mol. The fourth-order valence-corrected chi connectivity index (χ4v) is 1.63. The molecule has 0 aromatic carbocycles. The third kappa shape index (κ3) is 2.12. The molecule has 0 bridgehead atoms. The molecule has 1 aromatic heterocycles. The van der Waals surface area contributed by atoms with Gasteiger partial charge in [-0.15, -0.1) is 11.3 Å². The van der Waals surface area contributed by atoms with E-state index in [9.17, 15) is 4.79 Å². The van der Waals surface area contributed by atoms with E-state index < -0.39 is 0 Å². The summed E-state index contributed by atoms with van der Waals surface area (Å²) in [4.78, 5) is 16.7. The Kier molecular flexibility index (Phi) is 3.13. The summed E-state index contributed by atoms with van der Waals surface area (Å²) in [5, 5.41) is 9.79. The SMILES string of the molecule is CCC(=O)N(C(C)=N)c1nccs1. The minimum Gasteiger partial charge on any atom is -0.288 e. The lowest BCUT2D eigenvalue weighted by molar-refractivity contribution is -0.117. The number of thiazole rings is 1. The summed E-state index contributed by atoms with van der Waals surface area (Å²) in [6, 6.07) is 0. The van der Waals surface area contributed by atoms with Crippen molar-refractivity contribution in [3.8, 4) is 0 Å². The van der Waals surface area contributed by atoms with Gasteiger partial charge in [0.1, 0.15) is 5.84 Å². The van der Waals surface area contributed by atoms with E-state index in [-0.39, 0.29) is 11.7 Å². The van der Waals surface area contributed by atoms with E-state index >= 15 is 0 Å². The highest BCUT2D eigenvalue weighted by atomic mass is 32.1. The van der Waals surface area contributed by atoms with E-state index in [4.69, 9.17) is 5.41 Å². The number of hydrogen-bond donors (Lipinski definition) is 1. The highest BCUT2D eigenvalue weighted by molar-refractivity contribution is 7.14. The number of anilines is 1. The zero-order chi connectivity index (χ0) is 9.84. The van der Waals surface area contributed by atoms with Crippen molar-refractivity contribution < 1.29 is 4.79 Å². The minimum atomic E-state index is -0.0950. The summed E-state index contributed by atoms with van der Waals surface area (Å²) in [5.41, 5.74) is 0. The molecule has 5 heteroatoms. The molecule has 0 unspecified atom stereocenters. The monoisotopic (exact) mass is 197 g/mol. The van der Waals surface area contributed by atoms with Crippen LogP contribution in [0.2, 0.25) is 0 Å². The number of amides is 1.